The van der Waals surface area contributed by atoms with Crippen LogP contribution in [0, 0.1) is 0 Å². The number of rotatable bonds is 8. The highest BCUT2D eigenvalue weighted by molar-refractivity contribution is 9.10. The number of fused-ring (bicyclic) bond motifs is 1. The molecule has 0 saturated heterocycles. The molecule has 0 atom stereocenters. The van der Waals surface area contributed by atoms with Gasteiger partial charge in [-0.05, 0) is 49.7 Å². The van der Waals surface area contributed by atoms with E-state index in [9.17, 15) is 9.59 Å². The lowest BCUT2D eigenvalue weighted by molar-refractivity contribution is -0.134. The summed E-state index contributed by atoms with van der Waals surface area (Å²) in [4.78, 5) is 32.7. The fourth-order valence-electron chi connectivity index (χ4n) is 3.89. The van der Waals surface area contributed by atoms with Crippen molar-refractivity contribution in [1.82, 2.24) is 19.8 Å². The maximum Gasteiger partial charge on any atom is 0.251 e. The lowest BCUT2D eigenvalue weighted by Gasteiger charge is -2.27. The molecule has 1 aromatic heterocycles. The van der Waals surface area contributed by atoms with Gasteiger partial charge < -0.3 is 14.8 Å². The lowest BCUT2D eigenvalue weighted by atomic mass is 10.2. The van der Waals surface area contributed by atoms with Crippen molar-refractivity contribution in [2.24, 2.45) is 0 Å². The molecule has 0 saturated carbocycles. The van der Waals surface area contributed by atoms with Gasteiger partial charge in [0.25, 0.3) is 5.91 Å². The molecule has 0 radical (unpaired) electrons. The molecule has 6 nitrogen and oxygen atoms in total. The maximum atomic E-state index is 13.4. The Morgan fingerprint density at radius 2 is 1.74 bits per heavy atom. The molecule has 2 amide bonds. The zero-order valence-corrected chi connectivity index (χ0v) is 20.8. The van der Waals surface area contributed by atoms with Crippen LogP contribution in [0.5, 0.6) is 0 Å². The van der Waals surface area contributed by atoms with E-state index >= 15 is 0 Å². The van der Waals surface area contributed by atoms with E-state index in [0.29, 0.717) is 17.9 Å². The van der Waals surface area contributed by atoms with Crippen LogP contribution < -0.4 is 5.32 Å². The number of para-hydroxylation sites is 2. The van der Waals surface area contributed by atoms with Crippen molar-refractivity contribution in [2.45, 2.75) is 39.5 Å². The number of imidazole rings is 1. The number of hydrogen-bond acceptors (Lipinski definition) is 3. The van der Waals surface area contributed by atoms with Crippen LogP contribution in [0.2, 0.25) is 0 Å². The van der Waals surface area contributed by atoms with Crippen molar-refractivity contribution in [3.05, 3.63) is 100 Å². The van der Waals surface area contributed by atoms with Crippen LogP contribution >= 0.6 is 15.9 Å². The lowest BCUT2D eigenvalue weighted by Crippen LogP contribution is -2.39. The van der Waals surface area contributed by atoms with Gasteiger partial charge >= 0.3 is 0 Å². The van der Waals surface area contributed by atoms with Crippen LogP contribution in [0.4, 0.5) is 0 Å². The van der Waals surface area contributed by atoms with E-state index in [1.165, 1.54) is 0 Å². The number of carbonyl (C=O) groups excluding carboxylic acids is 2. The molecular formula is C27H27BrN4O2. The molecule has 7 heteroatoms. The molecule has 0 aliphatic rings. The summed E-state index contributed by atoms with van der Waals surface area (Å²) < 4.78 is 2.74. The number of nitrogens with zero attached hydrogens (tertiary/aromatic N) is 3. The molecule has 3 aromatic carbocycles. The molecule has 0 unspecified atom stereocenters. The fourth-order valence-corrected chi connectivity index (χ4v) is 4.29. The van der Waals surface area contributed by atoms with Crippen LogP contribution in [0.25, 0.3) is 11.0 Å². The summed E-state index contributed by atoms with van der Waals surface area (Å²) in [7, 11) is 0. The fraction of sp³-hybridized carbons (Fsp3) is 0.222. The molecule has 0 aliphatic carbocycles. The number of nitrogens with one attached hydrogen (secondary N) is 1. The van der Waals surface area contributed by atoms with Crippen molar-refractivity contribution >= 4 is 38.8 Å². The Balaban J connectivity index is 1.56. The first-order valence-corrected chi connectivity index (χ1v) is 12.0. The van der Waals surface area contributed by atoms with Gasteiger partial charge in [0.05, 0.1) is 17.6 Å². The molecule has 0 aliphatic heterocycles. The number of halogens is 1. The van der Waals surface area contributed by atoms with Gasteiger partial charge in [0.15, 0.2) is 0 Å². The van der Waals surface area contributed by atoms with E-state index in [0.717, 1.165) is 21.1 Å². The molecule has 1 heterocycles. The molecule has 0 fully saturated rings. The Hall–Kier alpha value is -3.45. The summed E-state index contributed by atoms with van der Waals surface area (Å²) in [6.07, 6.45) is 0. The number of benzene rings is 3. The third-order valence-corrected chi connectivity index (χ3v) is 6.15. The van der Waals surface area contributed by atoms with Crippen molar-refractivity contribution in [2.75, 3.05) is 0 Å². The molecule has 1 N–H and O–H groups in total. The molecule has 174 valence electrons. The third-order valence-electron chi connectivity index (χ3n) is 5.66. The van der Waals surface area contributed by atoms with E-state index < -0.39 is 0 Å². The minimum absolute atomic E-state index is 0.00146. The SMILES string of the molecule is CC(C)N(Cc1ccccc1)C(=O)Cn1c(CNC(=O)c2cccc(Br)c2)nc2ccccc21. The quantitative estimate of drug-likeness (QED) is 0.350. The van der Waals surface area contributed by atoms with Crippen LogP contribution in [0.15, 0.2) is 83.3 Å². The first kappa shape index (κ1) is 23.7. The Kier molecular flexibility index (Phi) is 7.43. The molecule has 34 heavy (non-hydrogen) atoms. The monoisotopic (exact) mass is 518 g/mol. The second-order valence-corrected chi connectivity index (χ2v) is 9.31. The summed E-state index contributed by atoms with van der Waals surface area (Å²) in [5.74, 6) is 0.446. The van der Waals surface area contributed by atoms with Gasteiger partial charge in [-0.2, -0.15) is 0 Å². The van der Waals surface area contributed by atoms with Gasteiger partial charge in [-0.1, -0.05) is 64.5 Å². The van der Waals surface area contributed by atoms with Crippen molar-refractivity contribution in [3.63, 3.8) is 0 Å². The highest BCUT2D eigenvalue weighted by atomic mass is 79.9. The average Bonchev–Trinajstić information content (AvgIpc) is 3.18. The van der Waals surface area contributed by atoms with E-state index in [1.54, 1.807) is 12.1 Å². The summed E-state index contributed by atoms with van der Waals surface area (Å²) in [5, 5.41) is 2.94. The van der Waals surface area contributed by atoms with Gasteiger partial charge in [0.2, 0.25) is 5.91 Å². The number of carbonyl (C=O) groups is 2. The predicted molar refractivity (Wildman–Crippen MR) is 137 cm³/mol. The minimum Gasteiger partial charge on any atom is -0.345 e. The van der Waals surface area contributed by atoms with E-state index in [2.05, 4.69) is 21.2 Å². The zero-order chi connectivity index (χ0) is 24.1. The smallest absolute Gasteiger partial charge is 0.251 e. The van der Waals surface area contributed by atoms with Crippen molar-refractivity contribution < 1.29 is 9.59 Å². The first-order chi connectivity index (χ1) is 16.4. The second kappa shape index (κ2) is 10.7. The molecule has 0 bridgehead atoms. The number of amides is 2. The van der Waals surface area contributed by atoms with E-state index in [4.69, 9.17) is 4.98 Å². The second-order valence-electron chi connectivity index (χ2n) is 8.40. The minimum atomic E-state index is -0.195. The standard InChI is InChI=1S/C27H27BrN4O2/c1-19(2)31(17-20-9-4-3-5-10-20)26(33)18-32-24-14-7-6-13-23(24)30-25(32)16-29-27(34)21-11-8-12-22(28)15-21/h3-15,19H,16-18H2,1-2H3,(H,29,34). The van der Waals surface area contributed by atoms with Crippen LogP contribution in [-0.2, 0) is 24.4 Å². The van der Waals surface area contributed by atoms with Gasteiger partial charge in [-0.15, -0.1) is 0 Å². The highest BCUT2D eigenvalue weighted by Crippen LogP contribution is 2.18. The summed E-state index contributed by atoms with van der Waals surface area (Å²) in [6.45, 7) is 4.94. The number of aromatic nitrogens is 2. The molecule has 4 rings (SSSR count). The zero-order valence-electron chi connectivity index (χ0n) is 19.2. The van der Waals surface area contributed by atoms with Gasteiger partial charge in [0.1, 0.15) is 12.4 Å². The van der Waals surface area contributed by atoms with Crippen LogP contribution in [-0.4, -0.2) is 32.3 Å². The van der Waals surface area contributed by atoms with Crippen molar-refractivity contribution in [1.29, 1.82) is 0 Å². The average molecular weight is 519 g/mol. The Labute approximate surface area is 207 Å². The molecule has 4 aromatic rings. The van der Waals surface area contributed by atoms with Crippen molar-refractivity contribution in [3.8, 4) is 0 Å². The van der Waals surface area contributed by atoms with Gasteiger partial charge in [0, 0.05) is 22.6 Å². The van der Waals surface area contributed by atoms with Crippen LogP contribution in [0.1, 0.15) is 35.6 Å². The third kappa shape index (κ3) is 5.54. The summed E-state index contributed by atoms with van der Waals surface area (Å²) >= 11 is 3.40. The number of hydrogen-bond donors (Lipinski definition) is 1. The topological polar surface area (TPSA) is 67.2 Å². The molecular weight excluding hydrogens is 492 g/mol. The van der Waals surface area contributed by atoms with Gasteiger partial charge in [-0.25, -0.2) is 4.98 Å². The Morgan fingerprint density at radius 1 is 1.00 bits per heavy atom. The van der Waals surface area contributed by atoms with E-state index in [1.807, 2.05) is 90.0 Å². The van der Waals surface area contributed by atoms with Crippen LogP contribution in [0.3, 0.4) is 0 Å². The predicted octanol–water partition coefficient (Wildman–Crippen LogP) is 5.17. The maximum absolute atomic E-state index is 13.4. The normalized spacial score (nSPS) is 11.1. The van der Waals surface area contributed by atoms with E-state index in [-0.39, 0.29) is 30.9 Å². The summed E-state index contributed by atoms with van der Waals surface area (Å²) in [5.41, 5.74) is 3.30. The Bertz CT molecular complexity index is 1300. The highest BCUT2D eigenvalue weighted by Gasteiger charge is 2.21. The first-order valence-electron chi connectivity index (χ1n) is 11.2. The summed E-state index contributed by atoms with van der Waals surface area (Å²) in [6, 6.07) is 25.0. The molecule has 0 spiro atoms. The Morgan fingerprint density at radius 3 is 2.47 bits per heavy atom. The van der Waals surface area contributed by atoms with Gasteiger partial charge in [-0.3, -0.25) is 9.59 Å². The largest absolute Gasteiger partial charge is 0.345 e.